The van der Waals surface area contributed by atoms with Gasteiger partial charge < -0.3 is 4.74 Å². The van der Waals surface area contributed by atoms with Gasteiger partial charge in [0.2, 0.25) is 10.0 Å². The number of rotatable bonds is 4. The molecule has 0 bridgehead atoms. The number of para-hydroxylation sites is 1. The standard InChI is InChI=1S/C12H15Cl2NO3S/c1-9-8-15(19(16,17)7-3-6-13)11-5-2-4-10(14)12(11)18-9/h2,4-5,9H,3,6-8H2,1H3. The van der Waals surface area contributed by atoms with Gasteiger partial charge in [-0.15, -0.1) is 11.6 Å². The lowest BCUT2D eigenvalue weighted by Crippen LogP contribution is -2.43. The van der Waals surface area contributed by atoms with Crippen molar-refractivity contribution in [1.82, 2.24) is 0 Å². The van der Waals surface area contributed by atoms with Gasteiger partial charge in [-0.2, -0.15) is 0 Å². The second-order valence-electron chi connectivity index (χ2n) is 4.41. The number of alkyl halides is 1. The van der Waals surface area contributed by atoms with Gasteiger partial charge in [-0.3, -0.25) is 4.31 Å². The summed E-state index contributed by atoms with van der Waals surface area (Å²) in [5.74, 6) is 0.772. The Bertz CT molecular complexity index is 562. The number of halogens is 2. The van der Waals surface area contributed by atoms with Crippen LogP contribution < -0.4 is 9.04 Å². The van der Waals surface area contributed by atoms with Gasteiger partial charge in [0, 0.05) is 5.88 Å². The lowest BCUT2D eigenvalue weighted by Gasteiger charge is -2.34. The molecule has 0 radical (unpaired) electrons. The van der Waals surface area contributed by atoms with Crippen LogP contribution in [0.3, 0.4) is 0 Å². The number of hydrogen-bond donors (Lipinski definition) is 0. The Kier molecular flexibility index (Phi) is 4.48. The maximum atomic E-state index is 12.3. The maximum absolute atomic E-state index is 12.3. The van der Waals surface area contributed by atoms with Crippen molar-refractivity contribution in [2.45, 2.75) is 19.4 Å². The van der Waals surface area contributed by atoms with Crippen molar-refractivity contribution in [3.05, 3.63) is 23.2 Å². The zero-order valence-corrected chi connectivity index (χ0v) is 12.8. The second kappa shape index (κ2) is 5.77. The molecule has 0 fully saturated rings. The third-order valence-corrected chi connectivity index (χ3v) is 5.22. The van der Waals surface area contributed by atoms with E-state index in [0.717, 1.165) is 0 Å². The highest BCUT2D eigenvalue weighted by atomic mass is 35.5. The number of nitrogens with zero attached hydrogens (tertiary/aromatic N) is 1. The van der Waals surface area contributed by atoms with Gasteiger partial charge in [-0.1, -0.05) is 17.7 Å². The van der Waals surface area contributed by atoms with E-state index in [1.165, 1.54) is 4.31 Å². The number of benzene rings is 1. The first-order valence-electron chi connectivity index (χ1n) is 5.97. The van der Waals surface area contributed by atoms with E-state index in [9.17, 15) is 8.42 Å². The van der Waals surface area contributed by atoms with Crippen LogP contribution in [0.4, 0.5) is 5.69 Å². The highest BCUT2D eigenvalue weighted by Crippen LogP contribution is 2.40. The minimum Gasteiger partial charge on any atom is -0.485 e. The normalized spacial score (nSPS) is 18.9. The molecule has 1 aliphatic rings. The Morgan fingerprint density at radius 1 is 1.47 bits per heavy atom. The van der Waals surface area contributed by atoms with Crippen LogP contribution in [0.15, 0.2) is 18.2 Å². The Balaban J connectivity index is 2.41. The topological polar surface area (TPSA) is 46.6 Å². The first kappa shape index (κ1) is 14.8. The van der Waals surface area contributed by atoms with Crippen molar-refractivity contribution in [3.8, 4) is 5.75 Å². The van der Waals surface area contributed by atoms with Gasteiger partial charge >= 0.3 is 0 Å². The molecule has 0 aliphatic carbocycles. The van der Waals surface area contributed by atoms with E-state index in [4.69, 9.17) is 27.9 Å². The zero-order valence-electron chi connectivity index (χ0n) is 10.5. The minimum absolute atomic E-state index is 0.0230. The minimum atomic E-state index is -3.40. The van der Waals surface area contributed by atoms with Gasteiger partial charge in [0.1, 0.15) is 6.10 Å². The molecule has 1 aromatic carbocycles. The number of hydrogen-bond acceptors (Lipinski definition) is 3. The van der Waals surface area contributed by atoms with Crippen LogP contribution in [0.1, 0.15) is 13.3 Å². The van der Waals surface area contributed by atoms with E-state index in [2.05, 4.69) is 0 Å². The van der Waals surface area contributed by atoms with Crippen LogP contribution >= 0.6 is 23.2 Å². The van der Waals surface area contributed by atoms with Crippen LogP contribution in [-0.4, -0.2) is 32.7 Å². The molecule has 0 aromatic heterocycles. The van der Waals surface area contributed by atoms with E-state index >= 15 is 0 Å². The van der Waals surface area contributed by atoms with E-state index in [0.29, 0.717) is 28.8 Å². The highest BCUT2D eigenvalue weighted by molar-refractivity contribution is 7.92. The quantitative estimate of drug-likeness (QED) is 0.800. The highest BCUT2D eigenvalue weighted by Gasteiger charge is 2.32. The molecule has 1 unspecified atom stereocenters. The van der Waals surface area contributed by atoms with Crippen molar-refractivity contribution in [1.29, 1.82) is 0 Å². The molecule has 4 nitrogen and oxygen atoms in total. The third kappa shape index (κ3) is 3.09. The number of anilines is 1. The average molecular weight is 324 g/mol. The Hall–Kier alpha value is -0.650. The Morgan fingerprint density at radius 3 is 2.89 bits per heavy atom. The lowest BCUT2D eigenvalue weighted by molar-refractivity contribution is 0.220. The molecule has 0 spiro atoms. The summed E-state index contributed by atoms with van der Waals surface area (Å²) < 4.78 is 31.7. The average Bonchev–Trinajstić information content (AvgIpc) is 2.37. The molecule has 106 valence electrons. The van der Waals surface area contributed by atoms with Gasteiger partial charge in [0.05, 0.1) is 23.0 Å². The summed E-state index contributed by atoms with van der Waals surface area (Å²) in [5, 5.41) is 0.418. The largest absolute Gasteiger partial charge is 0.485 e. The summed E-state index contributed by atoms with van der Waals surface area (Å²) in [6.07, 6.45) is 0.184. The summed E-state index contributed by atoms with van der Waals surface area (Å²) in [5.41, 5.74) is 0.500. The molecule has 0 amide bonds. The molecule has 1 aromatic rings. The molecule has 7 heteroatoms. The first-order valence-corrected chi connectivity index (χ1v) is 8.49. The molecule has 19 heavy (non-hydrogen) atoms. The number of sulfonamides is 1. The third-order valence-electron chi connectivity index (χ3n) is 2.83. The molecule has 1 heterocycles. The summed E-state index contributed by atoms with van der Waals surface area (Å²) in [7, 11) is -3.40. The van der Waals surface area contributed by atoms with E-state index < -0.39 is 10.0 Å². The van der Waals surface area contributed by atoms with Crippen molar-refractivity contribution >= 4 is 38.9 Å². The van der Waals surface area contributed by atoms with Gasteiger partial charge in [0.25, 0.3) is 0 Å². The molecular formula is C12H15Cl2NO3S. The molecule has 2 rings (SSSR count). The predicted octanol–water partition coefficient (Wildman–Crippen LogP) is 2.89. The van der Waals surface area contributed by atoms with Gasteiger partial charge in [-0.25, -0.2) is 8.42 Å². The van der Waals surface area contributed by atoms with Crippen LogP contribution in [0.5, 0.6) is 5.75 Å². The van der Waals surface area contributed by atoms with E-state index in [-0.39, 0.29) is 18.4 Å². The first-order chi connectivity index (χ1) is 8.95. The van der Waals surface area contributed by atoms with Crippen molar-refractivity contribution in [2.24, 2.45) is 0 Å². The fourth-order valence-electron chi connectivity index (χ4n) is 1.99. The summed E-state index contributed by atoms with van der Waals surface area (Å²) >= 11 is 11.6. The van der Waals surface area contributed by atoms with E-state index in [1.54, 1.807) is 18.2 Å². The molecule has 1 atom stereocenters. The molecule has 0 saturated heterocycles. The number of ether oxygens (including phenoxy) is 1. The van der Waals surface area contributed by atoms with Crippen molar-refractivity contribution in [2.75, 3.05) is 22.5 Å². The fraction of sp³-hybridized carbons (Fsp3) is 0.500. The van der Waals surface area contributed by atoms with Crippen LogP contribution in [0.25, 0.3) is 0 Å². The Morgan fingerprint density at radius 2 is 2.21 bits per heavy atom. The van der Waals surface area contributed by atoms with Gasteiger partial charge in [0.15, 0.2) is 5.75 Å². The van der Waals surface area contributed by atoms with Gasteiger partial charge in [-0.05, 0) is 25.5 Å². The monoisotopic (exact) mass is 323 g/mol. The fourth-order valence-corrected chi connectivity index (χ4v) is 4.11. The smallest absolute Gasteiger partial charge is 0.235 e. The predicted molar refractivity (Wildman–Crippen MR) is 78.0 cm³/mol. The molecule has 0 saturated carbocycles. The lowest BCUT2D eigenvalue weighted by atomic mass is 10.2. The molecule has 1 aliphatic heterocycles. The summed E-state index contributed by atoms with van der Waals surface area (Å²) in [6, 6.07) is 5.10. The Labute approximate surface area is 123 Å². The molecular weight excluding hydrogens is 309 g/mol. The van der Waals surface area contributed by atoms with Crippen molar-refractivity contribution in [3.63, 3.8) is 0 Å². The molecule has 0 N–H and O–H groups in total. The zero-order chi connectivity index (χ0) is 14.0. The SMILES string of the molecule is CC1CN(S(=O)(=O)CCCCl)c2cccc(Cl)c2O1. The van der Waals surface area contributed by atoms with Crippen LogP contribution in [0.2, 0.25) is 5.02 Å². The van der Waals surface area contributed by atoms with Crippen LogP contribution in [-0.2, 0) is 10.0 Å². The summed E-state index contributed by atoms with van der Waals surface area (Å²) in [6.45, 7) is 2.11. The number of fused-ring (bicyclic) bond motifs is 1. The second-order valence-corrected chi connectivity index (χ2v) is 7.20. The van der Waals surface area contributed by atoms with Crippen molar-refractivity contribution < 1.29 is 13.2 Å². The maximum Gasteiger partial charge on any atom is 0.235 e. The van der Waals surface area contributed by atoms with E-state index in [1.807, 2.05) is 6.92 Å². The summed E-state index contributed by atoms with van der Waals surface area (Å²) in [4.78, 5) is 0. The van der Waals surface area contributed by atoms with Crippen LogP contribution in [0, 0.1) is 0 Å².